The van der Waals surface area contributed by atoms with E-state index >= 15 is 0 Å². The van der Waals surface area contributed by atoms with Gasteiger partial charge in [0.2, 0.25) is 11.1 Å². The Hall–Kier alpha value is -2.55. The third-order valence-electron chi connectivity index (χ3n) is 3.71. The van der Waals surface area contributed by atoms with Gasteiger partial charge in [0, 0.05) is 16.3 Å². The van der Waals surface area contributed by atoms with Crippen molar-refractivity contribution in [1.82, 2.24) is 15.2 Å². The Balaban J connectivity index is 1.58. The van der Waals surface area contributed by atoms with Gasteiger partial charge in [-0.15, -0.1) is 5.10 Å². The van der Waals surface area contributed by atoms with E-state index in [-0.39, 0.29) is 17.8 Å². The Morgan fingerprint density at radius 1 is 1.20 bits per heavy atom. The predicted octanol–water partition coefficient (Wildman–Crippen LogP) is 5.07. The number of H-pyrrole nitrogens is 1. The Morgan fingerprint density at radius 2 is 2.00 bits per heavy atom. The van der Waals surface area contributed by atoms with E-state index in [9.17, 15) is 9.59 Å². The van der Waals surface area contributed by atoms with Crippen LogP contribution in [0.5, 0.6) is 0 Å². The van der Waals surface area contributed by atoms with Crippen molar-refractivity contribution in [2.24, 2.45) is 0 Å². The van der Waals surface area contributed by atoms with Crippen LogP contribution in [0.3, 0.4) is 0 Å². The Morgan fingerprint density at radius 3 is 2.73 bits per heavy atom. The van der Waals surface area contributed by atoms with Crippen molar-refractivity contribution in [3.05, 3.63) is 58.1 Å². The van der Waals surface area contributed by atoms with Gasteiger partial charge in [-0.25, -0.2) is 9.78 Å². The summed E-state index contributed by atoms with van der Waals surface area (Å²) in [6.07, 6.45) is -0.221. The molecule has 3 aromatic rings. The predicted molar refractivity (Wildman–Crippen MR) is 118 cm³/mol. The van der Waals surface area contributed by atoms with Gasteiger partial charge in [-0.05, 0) is 50.2 Å². The largest absolute Gasteiger partial charge is 0.459 e. The highest BCUT2D eigenvalue weighted by atomic mass is 35.5. The number of benzene rings is 2. The number of ether oxygens (including phenoxy) is 1. The van der Waals surface area contributed by atoms with Gasteiger partial charge in [-0.1, -0.05) is 41.0 Å². The number of aromatic nitrogens is 3. The Labute approximate surface area is 187 Å². The number of carbonyl (C=O) groups is 2. The summed E-state index contributed by atoms with van der Waals surface area (Å²) in [7, 11) is 0. The second kappa shape index (κ2) is 9.97. The molecule has 0 radical (unpaired) electrons. The molecule has 0 spiro atoms. The Kier molecular flexibility index (Phi) is 7.36. The molecular formula is C20H18Cl2N4O3S. The molecule has 0 atom stereocenters. The van der Waals surface area contributed by atoms with Crippen LogP contribution in [0.1, 0.15) is 24.2 Å². The summed E-state index contributed by atoms with van der Waals surface area (Å²) >= 11 is 13.2. The lowest BCUT2D eigenvalue weighted by Gasteiger charge is -2.09. The SMILES string of the molecule is CC(C)OC(=O)c1cccc(NC(=O)CSc2n[nH]c(-c3ccc(Cl)cc3Cl)n2)c1. The van der Waals surface area contributed by atoms with Crippen molar-refractivity contribution in [3.63, 3.8) is 0 Å². The molecule has 10 heteroatoms. The number of halogens is 2. The number of nitrogens with zero attached hydrogens (tertiary/aromatic N) is 2. The highest BCUT2D eigenvalue weighted by Gasteiger charge is 2.13. The maximum atomic E-state index is 12.3. The van der Waals surface area contributed by atoms with Crippen molar-refractivity contribution in [2.45, 2.75) is 25.1 Å². The molecule has 0 bridgehead atoms. The number of carbonyl (C=O) groups excluding carboxylic acids is 2. The van der Waals surface area contributed by atoms with Crippen molar-refractivity contribution in [1.29, 1.82) is 0 Å². The van der Waals surface area contributed by atoms with E-state index in [1.807, 2.05) is 0 Å². The van der Waals surface area contributed by atoms with Crippen LogP contribution < -0.4 is 5.32 Å². The van der Waals surface area contributed by atoms with Crippen molar-refractivity contribution in [3.8, 4) is 11.4 Å². The molecule has 0 aliphatic heterocycles. The third-order valence-corrected chi connectivity index (χ3v) is 5.10. The first-order valence-electron chi connectivity index (χ1n) is 8.93. The van der Waals surface area contributed by atoms with E-state index in [1.54, 1.807) is 56.3 Å². The lowest BCUT2D eigenvalue weighted by atomic mass is 10.2. The quantitative estimate of drug-likeness (QED) is 0.373. The number of anilines is 1. The number of aromatic amines is 1. The van der Waals surface area contributed by atoms with Crippen LogP contribution in [-0.2, 0) is 9.53 Å². The Bertz CT molecular complexity index is 1070. The summed E-state index contributed by atoms with van der Waals surface area (Å²) in [6.45, 7) is 3.55. The van der Waals surface area contributed by atoms with E-state index in [2.05, 4.69) is 20.5 Å². The summed E-state index contributed by atoms with van der Waals surface area (Å²) in [6, 6.07) is 11.6. The molecule has 30 heavy (non-hydrogen) atoms. The molecular weight excluding hydrogens is 447 g/mol. The molecule has 0 saturated heterocycles. The molecule has 0 saturated carbocycles. The first kappa shape index (κ1) is 22.1. The molecule has 0 unspecified atom stereocenters. The van der Waals surface area contributed by atoms with Crippen LogP contribution in [0, 0.1) is 0 Å². The highest BCUT2D eigenvalue weighted by Crippen LogP contribution is 2.29. The number of esters is 1. The fourth-order valence-corrected chi connectivity index (χ4v) is 3.54. The molecule has 3 rings (SSSR count). The van der Waals surface area contributed by atoms with Crippen LogP contribution in [0.25, 0.3) is 11.4 Å². The van der Waals surface area contributed by atoms with Gasteiger partial charge in [0.15, 0.2) is 5.82 Å². The van der Waals surface area contributed by atoms with Gasteiger partial charge < -0.3 is 10.1 Å². The maximum Gasteiger partial charge on any atom is 0.338 e. The van der Waals surface area contributed by atoms with Crippen LogP contribution in [0.4, 0.5) is 5.69 Å². The second-order valence-electron chi connectivity index (χ2n) is 6.46. The molecule has 7 nitrogen and oxygen atoms in total. The summed E-state index contributed by atoms with van der Waals surface area (Å²) in [5.41, 5.74) is 1.53. The van der Waals surface area contributed by atoms with E-state index in [4.69, 9.17) is 27.9 Å². The molecule has 156 valence electrons. The fraction of sp³-hybridized carbons (Fsp3) is 0.200. The minimum atomic E-state index is -0.440. The number of amides is 1. The second-order valence-corrected chi connectivity index (χ2v) is 8.25. The smallest absolute Gasteiger partial charge is 0.338 e. The zero-order valence-corrected chi connectivity index (χ0v) is 18.4. The summed E-state index contributed by atoms with van der Waals surface area (Å²) in [5, 5.41) is 11.0. The van der Waals surface area contributed by atoms with E-state index in [0.29, 0.717) is 37.8 Å². The first-order chi connectivity index (χ1) is 14.3. The number of rotatable bonds is 7. The average molecular weight is 465 g/mol. The molecule has 0 aliphatic rings. The lowest BCUT2D eigenvalue weighted by Crippen LogP contribution is -2.15. The average Bonchev–Trinajstić information content (AvgIpc) is 3.15. The topological polar surface area (TPSA) is 97.0 Å². The molecule has 0 fully saturated rings. The van der Waals surface area contributed by atoms with Gasteiger partial charge >= 0.3 is 5.97 Å². The minimum Gasteiger partial charge on any atom is -0.459 e. The van der Waals surface area contributed by atoms with E-state index in [1.165, 1.54) is 0 Å². The zero-order chi connectivity index (χ0) is 21.7. The van der Waals surface area contributed by atoms with Crippen LogP contribution in [0.15, 0.2) is 47.6 Å². The fourth-order valence-electron chi connectivity index (χ4n) is 2.45. The van der Waals surface area contributed by atoms with Gasteiger partial charge in [0.25, 0.3) is 0 Å². The third kappa shape index (κ3) is 5.98. The van der Waals surface area contributed by atoms with Crippen molar-refractivity contribution in [2.75, 3.05) is 11.1 Å². The molecule has 1 heterocycles. The van der Waals surface area contributed by atoms with E-state index in [0.717, 1.165) is 11.8 Å². The summed E-state index contributed by atoms with van der Waals surface area (Å²) < 4.78 is 5.16. The van der Waals surface area contributed by atoms with Crippen molar-refractivity contribution < 1.29 is 14.3 Å². The molecule has 0 aliphatic carbocycles. The molecule has 2 N–H and O–H groups in total. The van der Waals surface area contributed by atoms with Gasteiger partial charge in [0.1, 0.15) is 0 Å². The van der Waals surface area contributed by atoms with Gasteiger partial charge in [-0.3, -0.25) is 9.89 Å². The van der Waals surface area contributed by atoms with Crippen LogP contribution in [0.2, 0.25) is 10.0 Å². The van der Waals surface area contributed by atoms with Crippen LogP contribution in [-0.4, -0.2) is 38.9 Å². The highest BCUT2D eigenvalue weighted by molar-refractivity contribution is 7.99. The van der Waals surface area contributed by atoms with Gasteiger partial charge in [-0.2, -0.15) is 0 Å². The first-order valence-corrected chi connectivity index (χ1v) is 10.7. The summed E-state index contributed by atoms with van der Waals surface area (Å²) in [4.78, 5) is 28.6. The van der Waals surface area contributed by atoms with E-state index < -0.39 is 5.97 Å². The molecule has 1 amide bonds. The minimum absolute atomic E-state index is 0.0896. The summed E-state index contributed by atoms with van der Waals surface area (Å²) in [5.74, 6) is -0.127. The standard InChI is InChI=1S/C20H18Cl2N4O3S/c1-11(2)29-19(28)12-4-3-5-14(8-12)23-17(27)10-30-20-24-18(25-26-20)15-7-6-13(21)9-16(15)22/h3-9,11H,10H2,1-2H3,(H,23,27)(H,24,25,26). The number of hydrogen-bond donors (Lipinski definition) is 2. The number of hydrogen-bond acceptors (Lipinski definition) is 6. The molecule has 1 aromatic heterocycles. The number of nitrogens with one attached hydrogen (secondary N) is 2. The zero-order valence-electron chi connectivity index (χ0n) is 16.1. The molecule has 2 aromatic carbocycles. The van der Waals surface area contributed by atoms with Crippen LogP contribution >= 0.6 is 35.0 Å². The van der Waals surface area contributed by atoms with Gasteiger partial charge in [0.05, 0.1) is 22.4 Å². The monoisotopic (exact) mass is 464 g/mol. The van der Waals surface area contributed by atoms with Crippen molar-refractivity contribution >= 4 is 52.5 Å². The number of thioether (sulfide) groups is 1. The normalized spacial score (nSPS) is 10.8. The lowest BCUT2D eigenvalue weighted by molar-refractivity contribution is -0.113. The maximum absolute atomic E-state index is 12.3.